The van der Waals surface area contributed by atoms with Crippen molar-refractivity contribution in [2.75, 3.05) is 6.54 Å². The van der Waals surface area contributed by atoms with E-state index >= 15 is 0 Å². The zero-order chi connectivity index (χ0) is 15.1. The van der Waals surface area contributed by atoms with Gasteiger partial charge in [0.15, 0.2) is 6.10 Å². The Kier molecular flexibility index (Phi) is 7.02. The first-order valence-electron chi connectivity index (χ1n) is 6.87. The van der Waals surface area contributed by atoms with Crippen LogP contribution >= 0.6 is 15.9 Å². The Bertz CT molecular complexity index is 449. The first-order valence-corrected chi connectivity index (χ1v) is 7.66. The first kappa shape index (κ1) is 17.0. The molecule has 1 amide bonds. The largest absolute Gasteiger partial charge is 0.481 e. The molecule has 0 aliphatic heterocycles. The van der Waals surface area contributed by atoms with Crippen LogP contribution in [0.1, 0.15) is 32.8 Å². The minimum absolute atomic E-state index is 0.0946. The second-order valence-corrected chi connectivity index (χ2v) is 6.05. The standard InChI is InChI=1S/C15H23BrN2O2/c1-10(2)6-7-18-15(19)11(3)20-13-4-5-14(16)12(8-13)9-17/h4-5,8,10-11H,6-7,9,17H2,1-3H3,(H,18,19). The molecule has 0 heterocycles. The lowest BCUT2D eigenvalue weighted by Crippen LogP contribution is -2.37. The molecule has 0 saturated carbocycles. The third kappa shape index (κ3) is 5.51. The van der Waals surface area contributed by atoms with Gasteiger partial charge in [0.2, 0.25) is 0 Å². The number of carbonyl (C=O) groups excluding carboxylic acids is 1. The van der Waals surface area contributed by atoms with E-state index in [0.29, 0.717) is 24.8 Å². The summed E-state index contributed by atoms with van der Waals surface area (Å²) in [5.74, 6) is 1.13. The van der Waals surface area contributed by atoms with Crippen LogP contribution in [0.3, 0.4) is 0 Å². The number of benzene rings is 1. The fourth-order valence-electron chi connectivity index (χ4n) is 1.67. The van der Waals surface area contributed by atoms with Gasteiger partial charge >= 0.3 is 0 Å². The molecule has 1 aromatic rings. The number of halogens is 1. The molecule has 4 nitrogen and oxygen atoms in total. The Hall–Kier alpha value is -1.07. The molecule has 0 aliphatic carbocycles. The van der Waals surface area contributed by atoms with Crippen LogP contribution in [-0.4, -0.2) is 18.6 Å². The van der Waals surface area contributed by atoms with E-state index in [0.717, 1.165) is 16.5 Å². The van der Waals surface area contributed by atoms with E-state index in [9.17, 15) is 4.79 Å². The summed E-state index contributed by atoms with van der Waals surface area (Å²) in [5, 5.41) is 2.88. The molecule has 0 fully saturated rings. The maximum absolute atomic E-state index is 11.9. The molecule has 1 unspecified atom stereocenters. The number of carbonyl (C=O) groups is 1. The Morgan fingerprint density at radius 1 is 1.40 bits per heavy atom. The van der Waals surface area contributed by atoms with Crippen molar-refractivity contribution in [3.05, 3.63) is 28.2 Å². The maximum atomic E-state index is 11.9. The van der Waals surface area contributed by atoms with Crippen molar-refractivity contribution in [3.8, 4) is 5.75 Å². The molecule has 0 saturated heterocycles. The minimum atomic E-state index is -0.519. The highest BCUT2D eigenvalue weighted by molar-refractivity contribution is 9.10. The lowest BCUT2D eigenvalue weighted by molar-refractivity contribution is -0.127. The van der Waals surface area contributed by atoms with Crippen molar-refractivity contribution >= 4 is 21.8 Å². The normalized spacial score (nSPS) is 12.3. The lowest BCUT2D eigenvalue weighted by atomic mass is 10.1. The molecule has 1 rings (SSSR count). The van der Waals surface area contributed by atoms with Gasteiger partial charge in [0.25, 0.3) is 5.91 Å². The second-order valence-electron chi connectivity index (χ2n) is 5.19. The summed E-state index contributed by atoms with van der Waals surface area (Å²) in [6.45, 7) is 7.10. The van der Waals surface area contributed by atoms with Gasteiger partial charge in [0.05, 0.1) is 0 Å². The predicted molar refractivity (Wildman–Crippen MR) is 84.6 cm³/mol. The van der Waals surface area contributed by atoms with Crippen LogP contribution in [0.4, 0.5) is 0 Å². The minimum Gasteiger partial charge on any atom is -0.481 e. The van der Waals surface area contributed by atoms with Crippen molar-refractivity contribution in [1.29, 1.82) is 0 Å². The summed E-state index contributed by atoms with van der Waals surface area (Å²) in [4.78, 5) is 11.9. The number of hydrogen-bond donors (Lipinski definition) is 2. The van der Waals surface area contributed by atoms with Crippen LogP contribution in [0.15, 0.2) is 22.7 Å². The molecule has 20 heavy (non-hydrogen) atoms. The predicted octanol–water partition coefficient (Wildman–Crippen LogP) is 2.84. The van der Waals surface area contributed by atoms with Gasteiger partial charge in [-0.15, -0.1) is 0 Å². The average Bonchev–Trinajstić information content (AvgIpc) is 2.40. The monoisotopic (exact) mass is 342 g/mol. The van der Waals surface area contributed by atoms with E-state index in [4.69, 9.17) is 10.5 Å². The molecule has 1 aromatic carbocycles. The summed E-state index contributed by atoms with van der Waals surface area (Å²) >= 11 is 3.42. The van der Waals surface area contributed by atoms with Gasteiger partial charge in [0.1, 0.15) is 5.75 Å². The Morgan fingerprint density at radius 3 is 2.70 bits per heavy atom. The molecule has 0 bridgehead atoms. The lowest BCUT2D eigenvalue weighted by Gasteiger charge is -2.16. The Balaban J connectivity index is 2.52. The van der Waals surface area contributed by atoms with Crippen LogP contribution in [-0.2, 0) is 11.3 Å². The number of rotatable bonds is 7. The fraction of sp³-hybridized carbons (Fsp3) is 0.533. The molecule has 1 atom stereocenters. The molecule has 0 aliphatic rings. The number of amides is 1. The smallest absolute Gasteiger partial charge is 0.260 e. The molecular formula is C15H23BrN2O2. The van der Waals surface area contributed by atoms with Crippen LogP contribution in [0.5, 0.6) is 5.75 Å². The van der Waals surface area contributed by atoms with E-state index < -0.39 is 6.10 Å². The average molecular weight is 343 g/mol. The topological polar surface area (TPSA) is 64.3 Å². The SMILES string of the molecule is CC(C)CCNC(=O)C(C)Oc1ccc(Br)c(CN)c1. The Labute approximate surface area is 129 Å². The van der Waals surface area contributed by atoms with Crippen molar-refractivity contribution < 1.29 is 9.53 Å². The zero-order valence-corrected chi connectivity index (χ0v) is 13.9. The maximum Gasteiger partial charge on any atom is 0.260 e. The van der Waals surface area contributed by atoms with E-state index in [2.05, 4.69) is 35.1 Å². The van der Waals surface area contributed by atoms with Crippen molar-refractivity contribution in [3.63, 3.8) is 0 Å². The molecule has 0 spiro atoms. The zero-order valence-electron chi connectivity index (χ0n) is 12.3. The molecule has 5 heteroatoms. The van der Waals surface area contributed by atoms with Gasteiger partial charge in [-0.1, -0.05) is 29.8 Å². The highest BCUT2D eigenvalue weighted by Gasteiger charge is 2.14. The molecular weight excluding hydrogens is 320 g/mol. The quantitative estimate of drug-likeness (QED) is 0.800. The van der Waals surface area contributed by atoms with Crippen molar-refractivity contribution in [2.45, 2.75) is 39.8 Å². The van der Waals surface area contributed by atoms with Crippen LogP contribution in [0.2, 0.25) is 0 Å². The number of nitrogens with two attached hydrogens (primary N) is 1. The highest BCUT2D eigenvalue weighted by atomic mass is 79.9. The summed E-state index contributed by atoms with van der Waals surface area (Å²) in [6, 6.07) is 5.55. The summed E-state index contributed by atoms with van der Waals surface area (Å²) in [6.07, 6.45) is 0.447. The first-order chi connectivity index (χ1) is 9.43. The van der Waals surface area contributed by atoms with E-state index in [1.165, 1.54) is 0 Å². The van der Waals surface area contributed by atoms with Crippen LogP contribution < -0.4 is 15.8 Å². The van der Waals surface area contributed by atoms with Gasteiger partial charge in [-0.3, -0.25) is 4.79 Å². The van der Waals surface area contributed by atoms with Crippen molar-refractivity contribution in [1.82, 2.24) is 5.32 Å². The molecule has 112 valence electrons. The van der Waals surface area contributed by atoms with Gasteiger partial charge in [0, 0.05) is 17.6 Å². The number of hydrogen-bond acceptors (Lipinski definition) is 3. The molecule has 0 radical (unpaired) electrons. The van der Waals surface area contributed by atoms with Crippen LogP contribution in [0.25, 0.3) is 0 Å². The number of nitrogens with one attached hydrogen (secondary N) is 1. The third-order valence-corrected chi connectivity index (χ3v) is 3.71. The van der Waals surface area contributed by atoms with Crippen LogP contribution in [0, 0.1) is 5.92 Å². The molecule has 3 N–H and O–H groups in total. The van der Waals surface area contributed by atoms with E-state index in [-0.39, 0.29) is 5.91 Å². The molecule has 0 aromatic heterocycles. The third-order valence-electron chi connectivity index (χ3n) is 2.94. The van der Waals surface area contributed by atoms with Gasteiger partial charge in [-0.2, -0.15) is 0 Å². The van der Waals surface area contributed by atoms with Gasteiger partial charge in [-0.05, 0) is 43.0 Å². The highest BCUT2D eigenvalue weighted by Crippen LogP contribution is 2.22. The fourth-order valence-corrected chi connectivity index (χ4v) is 2.07. The summed E-state index contributed by atoms with van der Waals surface area (Å²) in [5.41, 5.74) is 6.59. The van der Waals surface area contributed by atoms with Gasteiger partial charge < -0.3 is 15.8 Å². The van der Waals surface area contributed by atoms with Crippen molar-refractivity contribution in [2.24, 2.45) is 11.7 Å². The second kappa shape index (κ2) is 8.27. The van der Waals surface area contributed by atoms with E-state index in [1.54, 1.807) is 6.92 Å². The summed E-state index contributed by atoms with van der Waals surface area (Å²) < 4.78 is 6.59. The summed E-state index contributed by atoms with van der Waals surface area (Å²) in [7, 11) is 0. The van der Waals surface area contributed by atoms with E-state index in [1.807, 2.05) is 18.2 Å². The number of ether oxygens (including phenoxy) is 1. The Morgan fingerprint density at radius 2 is 2.10 bits per heavy atom. The van der Waals surface area contributed by atoms with Gasteiger partial charge in [-0.25, -0.2) is 0 Å².